The number of carbonyl (C=O) groups excluding carboxylic acids is 2. The van der Waals surface area contributed by atoms with Crippen molar-refractivity contribution in [2.45, 2.75) is 40.2 Å². The Balaban J connectivity index is 1.37. The molecule has 0 bridgehead atoms. The van der Waals surface area contributed by atoms with Crippen molar-refractivity contribution in [3.8, 4) is 11.4 Å². The number of nitrogens with one attached hydrogen (secondary N) is 1. The summed E-state index contributed by atoms with van der Waals surface area (Å²) in [6, 6.07) is 14.7. The van der Waals surface area contributed by atoms with E-state index in [0.717, 1.165) is 28.4 Å². The number of rotatable bonds is 6. The number of halogens is 1. The Morgan fingerprint density at radius 1 is 1.06 bits per heavy atom. The van der Waals surface area contributed by atoms with Gasteiger partial charge in [0.15, 0.2) is 0 Å². The smallest absolute Gasteiger partial charge is 0.255 e. The van der Waals surface area contributed by atoms with Crippen molar-refractivity contribution in [2.24, 2.45) is 5.92 Å². The van der Waals surface area contributed by atoms with E-state index in [2.05, 4.69) is 9.88 Å². The molecule has 0 atom stereocenters. The van der Waals surface area contributed by atoms with E-state index in [0.29, 0.717) is 43.6 Å². The SMILES string of the molecule is COc1cccc(-n2c(C)cc(C(=O)N3CCC(C(=O)NCc4ccc(C)c(F)c4)CC3)c2C)c1. The summed E-state index contributed by atoms with van der Waals surface area (Å²) in [5, 5.41) is 2.92. The second kappa shape index (κ2) is 10.3. The Morgan fingerprint density at radius 2 is 1.80 bits per heavy atom. The van der Waals surface area contributed by atoms with E-state index in [1.807, 2.05) is 55.1 Å². The molecule has 1 aliphatic rings. The number of piperidine rings is 1. The first-order chi connectivity index (χ1) is 16.8. The van der Waals surface area contributed by atoms with Crippen molar-refractivity contribution in [1.82, 2.24) is 14.8 Å². The van der Waals surface area contributed by atoms with Crippen LogP contribution in [0.4, 0.5) is 4.39 Å². The number of hydrogen-bond acceptors (Lipinski definition) is 3. The van der Waals surface area contributed by atoms with Gasteiger partial charge in [-0.15, -0.1) is 0 Å². The van der Waals surface area contributed by atoms with Crippen molar-refractivity contribution in [3.63, 3.8) is 0 Å². The number of aryl methyl sites for hydroxylation is 2. The summed E-state index contributed by atoms with van der Waals surface area (Å²) in [5.41, 5.74) is 4.80. The van der Waals surface area contributed by atoms with Gasteiger partial charge in [-0.05, 0) is 69.0 Å². The number of hydrogen-bond donors (Lipinski definition) is 1. The first-order valence-electron chi connectivity index (χ1n) is 11.9. The maximum Gasteiger partial charge on any atom is 0.255 e. The fourth-order valence-corrected chi connectivity index (χ4v) is 4.72. The third kappa shape index (κ3) is 5.24. The molecule has 2 aromatic carbocycles. The molecule has 0 radical (unpaired) electrons. The number of aromatic nitrogens is 1. The highest BCUT2D eigenvalue weighted by Gasteiger charge is 2.29. The third-order valence-corrected chi connectivity index (χ3v) is 6.83. The summed E-state index contributed by atoms with van der Waals surface area (Å²) >= 11 is 0. The van der Waals surface area contributed by atoms with Crippen LogP contribution in [-0.2, 0) is 11.3 Å². The molecule has 0 unspecified atom stereocenters. The monoisotopic (exact) mass is 477 g/mol. The van der Waals surface area contributed by atoms with Crippen LogP contribution < -0.4 is 10.1 Å². The highest BCUT2D eigenvalue weighted by atomic mass is 19.1. The molecular formula is C28H32FN3O3. The van der Waals surface area contributed by atoms with Gasteiger partial charge < -0.3 is 19.5 Å². The van der Waals surface area contributed by atoms with Crippen molar-refractivity contribution >= 4 is 11.8 Å². The first kappa shape index (κ1) is 24.5. The molecule has 184 valence electrons. The summed E-state index contributed by atoms with van der Waals surface area (Å²) in [4.78, 5) is 27.8. The highest BCUT2D eigenvalue weighted by molar-refractivity contribution is 5.96. The summed E-state index contributed by atoms with van der Waals surface area (Å²) in [7, 11) is 1.63. The molecule has 1 aliphatic heterocycles. The predicted octanol–water partition coefficient (Wildman–Crippen LogP) is 4.72. The third-order valence-electron chi connectivity index (χ3n) is 6.83. The Labute approximate surface area is 205 Å². The van der Waals surface area contributed by atoms with Crippen LogP contribution in [0.3, 0.4) is 0 Å². The van der Waals surface area contributed by atoms with Crippen molar-refractivity contribution < 1.29 is 18.7 Å². The van der Waals surface area contributed by atoms with Gasteiger partial charge in [0, 0.05) is 48.7 Å². The lowest BCUT2D eigenvalue weighted by Gasteiger charge is -2.31. The van der Waals surface area contributed by atoms with Crippen molar-refractivity contribution in [1.29, 1.82) is 0 Å². The van der Waals surface area contributed by atoms with Crippen LogP contribution in [0.2, 0.25) is 0 Å². The van der Waals surface area contributed by atoms with Crippen LogP contribution in [-0.4, -0.2) is 41.5 Å². The van der Waals surface area contributed by atoms with E-state index in [-0.39, 0.29) is 23.5 Å². The van der Waals surface area contributed by atoms with Crippen LogP contribution >= 0.6 is 0 Å². The lowest BCUT2D eigenvalue weighted by Crippen LogP contribution is -2.43. The van der Waals surface area contributed by atoms with E-state index in [1.165, 1.54) is 6.07 Å². The largest absolute Gasteiger partial charge is 0.497 e. The minimum Gasteiger partial charge on any atom is -0.497 e. The minimum absolute atomic E-state index is 0.0127. The lowest BCUT2D eigenvalue weighted by atomic mass is 9.95. The van der Waals surface area contributed by atoms with E-state index in [4.69, 9.17) is 4.74 Å². The number of nitrogens with zero attached hydrogens (tertiary/aromatic N) is 2. The minimum atomic E-state index is -0.269. The molecular weight excluding hydrogens is 445 g/mol. The van der Waals surface area contributed by atoms with Crippen LogP contribution in [0.5, 0.6) is 5.75 Å². The fourth-order valence-electron chi connectivity index (χ4n) is 4.72. The quantitative estimate of drug-likeness (QED) is 0.559. The fraction of sp³-hybridized carbons (Fsp3) is 0.357. The molecule has 0 saturated carbocycles. The Kier molecular flexibility index (Phi) is 7.24. The van der Waals surface area contributed by atoms with Gasteiger partial charge in [0.25, 0.3) is 5.91 Å². The molecule has 3 aromatic rings. The molecule has 6 nitrogen and oxygen atoms in total. The number of ether oxygens (including phenoxy) is 1. The number of methoxy groups -OCH3 is 1. The van der Waals surface area contributed by atoms with Crippen LogP contribution in [0.15, 0.2) is 48.5 Å². The second-order valence-electron chi connectivity index (χ2n) is 9.19. The Bertz CT molecular complexity index is 1240. The molecule has 1 fully saturated rings. The van der Waals surface area contributed by atoms with Gasteiger partial charge in [0.1, 0.15) is 11.6 Å². The lowest BCUT2D eigenvalue weighted by molar-refractivity contribution is -0.126. The first-order valence-corrected chi connectivity index (χ1v) is 11.9. The molecule has 7 heteroatoms. The molecule has 2 amide bonds. The number of benzene rings is 2. The Hall–Kier alpha value is -3.61. The summed E-state index contributed by atoms with van der Waals surface area (Å²) < 4.78 is 21.2. The summed E-state index contributed by atoms with van der Waals surface area (Å²) in [6.07, 6.45) is 1.21. The zero-order valence-electron chi connectivity index (χ0n) is 20.7. The van der Waals surface area contributed by atoms with Gasteiger partial charge in [0.2, 0.25) is 5.91 Å². The van der Waals surface area contributed by atoms with Gasteiger partial charge in [-0.2, -0.15) is 0 Å². The van der Waals surface area contributed by atoms with Crippen LogP contribution in [0, 0.1) is 32.5 Å². The topological polar surface area (TPSA) is 63.6 Å². The normalized spacial score (nSPS) is 14.1. The van der Waals surface area contributed by atoms with Crippen molar-refractivity contribution in [3.05, 3.63) is 82.4 Å². The molecule has 4 rings (SSSR count). The standard InChI is InChI=1S/C28H32FN3O3/c1-18-8-9-21(15-26(18)29)17-30-27(33)22-10-12-31(13-11-22)28(34)25-14-19(2)32(20(25)3)23-6-5-7-24(16-23)35-4/h5-9,14-16,22H,10-13,17H2,1-4H3,(H,30,33). The second-order valence-corrected chi connectivity index (χ2v) is 9.19. The van der Waals surface area contributed by atoms with Gasteiger partial charge in [-0.3, -0.25) is 9.59 Å². The number of carbonyl (C=O) groups is 2. The Morgan fingerprint density at radius 3 is 2.49 bits per heavy atom. The number of amides is 2. The van der Waals surface area contributed by atoms with E-state index >= 15 is 0 Å². The van der Waals surface area contributed by atoms with Gasteiger partial charge >= 0.3 is 0 Å². The molecule has 0 spiro atoms. The summed E-state index contributed by atoms with van der Waals surface area (Å²) in [6.45, 7) is 7.00. The van der Waals surface area contributed by atoms with E-state index in [1.54, 1.807) is 20.1 Å². The molecule has 1 aromatic heterocycles. The van der Waals surface area contributed by atoms with E-state index < -0.39 is 0 Å². The van der Waals surface area contributed by atoms with Crippen LogP contribution in [0.25, 0.3) is 5.69 Å². The average Bonchev–Trinajstić information content (AvgIpc) is 3.17. The van der Waals surface area contributed by atoms with Gasteiger partial charge in [-0.1, -0.05) is 18.2 Å². The molecule has 0 aliphatic carbocycles. The van der Waals surface area contributed by atoms with E-state index in [9.17, 15) is 14.0 Å². The van der Waals surface area contributed by atoms with Crippen molar-refractivity contribution in [2.75, 3.05) is 20.2 Å². The predicted molar refractivity (Wildman–Crippen MR) is 133 cm³/mol. The zero-order chi connectivity index (χ0) is 25.1. The average molecular weight is 478 g/mol. The van der Waals surface area contributed by atoms with Gasteiger partial charge in [0.05, 0.1) is 12.7 Å². The van der Waals surface area contributed by atoms with Gasteiger partial charge in [-0.25, -0.2) is 4.39 Å². The molecule has 1 N–H and O–H groups in total. The maximum absolute atomic E-state index is 13.7. The summed E-state index contributed by atoms with van der Waals surface area (Å²) in [5.74, 6) is 0.277. The number of likely N-dealkylation sites (tertiary alicyclic amines) is 1. The molecule has 35 heavy (non-hydrogen) atoms. The maximum atomic E-state index is 13.7. The zero-order valence-corrected chi connectivity index (χ0v) is 20.7. The van der Waals surface area contributed by atoms with Crippen LogP contribution in [0.1, 0.15) is 45.7 Å². The highest BCUT2D eigenvalue weighted by Crippen LogP contribution is 2.26. The molecule has 2 heterocycles. The molecule has 1 saturated heterocycles.